The molecule has 1 atom stereocenters. The van der Waals surface area contributed by atoms with Crippen LogP contribution in [0.25, 0.3) is 0 Å². The first-order chi connectivity index (χ1) is 13.6. The van der Waals surface area contributed by atoms with Crippen LogP contribution in [0.1, 0.15) is 43.5 Å². The highest BCUT2D eigenvalue weighted by Crippen LogP contribution is 2.39. The Kier molecular flexibility index (Phi) is 5.61. The van der Waals surface area contributed by atoms with E-state index < -0.39 is 0 Å². The van der Waals surface area contributed by atoms with E-state index in [2.05, 4.69) is 30.4 Å². The summed E-state index contributed by atoms with van der Waals surface area (Å²) in [5.74, 6) is 0.240. The van der Waals surface area contributed by atoms with Crippen molar-refractivity contribution in [2.75, 3.05) is 26.2 Å². The third-order valence-electron chi connectivity index (χ3n) is 5.93. The van der Waals surface area contributed by atoms with E-state index in [1.165, 1.54) is 12.8 Å². The summed E-state index contributed by atoms with van der Waals surface area (Å²) in [6.45, 7) is 7.39. The van der Waals surface area contributed by atoms with E-state index in [9.17, 15) is 4.79 Å². The molecule has 4 heterocycles. The van der Waals surface area contributed by atoms with Gasteiger partial charge < -0.3 is 9.80 Å². The molecule has 1 unspecified atom stereocenters. The zero-order valence-electron chi connectivity index (χ0n) is 16.5. The van der Waals surface area contributed by atoms with Crippen molar-refractivity contribution in [3.63, 3.8) is 0 Å². The predicted octanol–water partition coefficient (Wildman–Crippen LogP) is 1.07. The molecule has 0 aliphatic carbocycles. The standard InChI is InChI=1S/C19H28N8O/c1-16-10-21-17(11-20-16)12-26-14-19(6-4-18(26)28)5-2-7-25(13-19)8-3-9-27-15-22-23-24-27/h10-11,15H,2-9,12-14H2,1H3. The molecule has 4 rings (SSSR count). The molecule has 28 heavy (non-hydrogen) atoms. The number of aryl methyl sites for hydroxylation is 2. The van der Waals surface area contributed by atoms with Gasteiger partial charge in [0.25, 0.3) is 0 Å². The normalized spacial score (nSPS) is 23.5. The number of amides is 1. The minimum absolute atomic E-state index is 0.207. The molecule has 2 saturated heterocycles. The Bertz CT molecular complexity index is 778. The van der Waals surface area contributed by atoms with Crippen LogP contribution in [0.5, 0.6) is 0 Å². The largest absolute Gasteiger partial charge is 0.336 e. The minimum Gasteiger partial charge on any atom is -0.336 e. The molecular weight excluding hydrogens is 356 g/mol. The van der Waals surface area contributed by atoms with Gasteiger partial charge in [-0.15, -0.1) is 5.10 Å². The van der Waals surface area contributed by atoms with Gasteiger partial charge in [-0.1, -0.05) is 0 Å². The first-order valence-electron chi connectivity index (χ1n) is 10.1. The summed E-state index contributed by atoms with van der Waals surface area (Å²) >= 11 is 0. The first kappa shape index (κ1) is 18.9. The Morgan fingerprint density at radius 1 is 1.14 bits per heavy atom. The van der Waals surface area contributed by atoms with Crippen molar-refractivity contribution < 1.29 is 4.79 Å². The van der Waals surface area contributed by atoms with Crippen LogP contribution in [0, 0.1) is 12.3 Å². The summed E-state index contributed by atoms with van der Waals surface area (Å²) in [6.07, 6.45) is 10.3. The van der Waals surface area contributed by atoms with Crippen molar-refractivity contribution in [1.29, 1.82) is 0 Å². The average Bonchev–Trinajstić information content (AvgIpc) is 3.21. The van der Waals surface area contributed by atoms with Crippen LogP contribution in [0.2, 0.25) is 0 Å². The molecule has 2 aromatic rings. The zero-order valence-corrected chi connectivity index (χ0v) is 16.5. The molecule has 0 N–H and O–H groups in total. The van der Waals surface area contributed by atoms with Gasteiger partial charge in [0.05, 0.1) is 24.1 Å². The lowest BCUT2D eigenvalue weighted by Gasteiger charge is -2.48. The van der Waals surface area contributed by atoms with Gasteiger partial charge in [-0.25, -0.2) is 4.68 Å². The van der Waals surface area contributed by atoms with Crippen LogP contribution in [-0.2, 0) is 17.9 Å². The molecule has 2 aliphatic rings. The number of likely N-dealkylation sites (tertiary alicyclic amines) is 2. The van der Waals surface area contributed by atoms with Gasteiger partial charge >= 0.3 is 0 Å². The number of hydrogen-bond donors (Lipinski definition) is 0. The van der Waals surface area contributed by atoms with Crippen molar-refractivity contribution in [2.45, 2.75) is 52.1 Å². The number of carbonyl (C=O) groups is 1. The lowest BCUT2D eigenvalue weighted by Crippen LogP contribution is -2.53. The summed E-state index contributed by atoms with van der Waals surface area (Å²) in [6, 6.07) is 0. The SMILES string of the molecule is Cc1cnc(CN2CC3(CCCN(CCCn4cnnn4)C3)CCC2=O)cn1. The molecule has 0 saturated carbocycles. The van der Waals surface area contributed by atoms with Crippen LogP contribution in [-0.4, -0.2) is 72.1 Å². The summed E-state index contributed by atoms with van der Waals surface area (Å²) in [4.78, 5) is 25.8. The van der Waals surface area contributed by atoms with E-state index >= 15 is 0 Å². The van der Waals surface area contributed by atoms with E-state index in [0.717, 1.165) is 57.0 Å². The minimum atomic E-state index is 0.207. The summed E-state index contributed by atoms with van der Waals surface area (Å²) in [7, 11) is 0. The number of tetrazole rings is 1. The number of piperidine rings is 2. The summed E-state index contributed by atoms with van der Waals surface area (Å²) in [5.41, 5.74) is 1.97. The highest BCUT2D eigenvalue weighted by Gasteiger charge is 2.41. The molecule has 1 amide bonds. The van der Waals surface area contributed by atoms with Gasteiger partial charge in [0.1, 0.15) is 6.33 Å². The molecule has 9 heteroatoms. The van der Waals surface area contributed by atoms with Crippen molar-refractivity contribution in [1.82, 2.24) is 40.0 Å². The number of carbonyl (C=O) groups excluding carboxylic acids is 1. The Hall–Kier alpha value is -2.42. The smallest absolute Gasteiger partial charge is 0.222 e. The van der Waals surface area contributed by atoms with Gasteiger partial charge in [-0.3, -0.25) is 14.8 Å². The number of hydrogen-bond acceptors (Lipinski definition) is 7. The molecule has 150 valence electrons. The van der Waals surface area contributed by atoms with Crippen molar-refractivity contribution in [3.8, 4) is 0 Å². The lowest BCUT2D eigenvalue weighted by molar-refractivity contribution is -0.140. The van der Waals surface area contributed by atoms with Gasteiger partial charge in [-0.05, 0) is 56.1 Å². The van der Waals surface area contributed by atoms with Gasteiger partial charge in [0.15, 0.2) is 0 Å². The second kappa shape index (κ2) is 8.30. The summed E-state index contributed by atoms with van der Waals surface area (Å²) in [5, 5.41) is 11.3. The van der Waals surface area contributed by atoms with Crippen LogP contribution < -0.4 is 0 Å². The van der Waals surface area contributed by atoms with Crippen LogP contribution in [0.3, 0.4) is 0 Å². The monoisotopic (exact) mass is 384 g/mol. The quantitative estimate of drug-likeness (QED) is 0.735. The van der Waals surface area contributed by atoms with Gasteiger partial charge in [0.2, 0.25) is 5.91 Å². The number of aromatic nitrogens is 6. The maximum atomic E-state index is 12.5. The zero-order chi connectivity index (χ0) is 19.4. The van der Waals surface area contributed by atoms with Crippen LogP contribution in [0.4, 0.5) is 0 Å². The Morgan fingerprint density at radius 2 is 2.07 bits per heavy atom. The topological polar surface area (TPSA) is 92.9 Å². The number of rotatable bonds is 6. The maximum absolute atomic E-state index is 12.5. The predicted molar refractivity (Wildman–Crippen MR) is 102 cm³/mol. The molecule has 9 nitrogen and oxygen atoms in total. The average molecular weight is 384 g/mol. The van der Waals surface area contributed by atoms with E-state index in [1.807, 2.05) is 11.8 Å². The summed E-state index contributed by atoms with van der Waals surface area (Å²) < 4.78 is 1.78. The number of nitrogens with zero attached hydrogens (tertiary/aromatic N) is 8. The van der Waals surface area contributed by atoms with Gasteiger partial charge in [-0.2, -0.15) is 0 Å². The molecule has 2 aliphatic heterocycles. The van der Waals surface area contributed by atoms with Gasteiger partial charge in [0, 0.05) is 37.7 Å². The van der Waals surface area contributed by atoms with E-state index in [4.69, 9.17) is 0 Å². The molecule has 0 bridgehead atoms. The molecule has 1 spiro atoms. The fraction of sp³-hybridized carbons (Fsp3) is 0.684. The van der Waals surface area contributed by atoms with E-state index in [1.54, 1.807) is 23.4 Å². The van der Waals surface area contributed by atoms with E-state index in [-0.39, 0.29) is 11.3 Å². The molecule has 2 aromatic heterocycles. The van der Waals surface area contributed by atoms with Crippen LogP contribution in [0.15, 0.2) is 18.7 Å². The fourth-order valence-corrected chi connectivity index (χ4v) is 4.52. The van der Waals surface area contributed by atoms with Crippen molar-refractivity contribution in [3.05, 3.63) is 30.1 Å². The fourth-order valence-electron chi connectivity index (χ4n) is 4.52. The molecule has 0 radical (unpaired) electrons. The van der Waals surface area contributed by atoms with Crippen LogP contribution >= 0.6 is 0 Å². The Morgan fingerprint density at radius 3 is 2.86 bits per heavy atom. The second-order valence-corrected chi connectivity index (χ2v) is 8.21. The molecule has 0 aromatic carbocycles. The maximum Gasteiger partial charge on any atom is 0.222 e. The Labute approximate surface area is 165 Å². The highest BCUT2D eigenvalue weighted by molar-refractivity contribution is 5.77. The highest BCUT2D eigenvalue weighted by atomic mass is 16.2. The Balaban J connectivity index is 1.34. The third kappa shape index (κ3) is 4.52. The molecular formula is C19H28N8O. The first-order valence-corrected chi connectivity index (χ1v) is 10.1. The van der Waals surface area contributed by atoms with Crippen molar-refractivity contribution >= 4 is 5.91 Å². The van der Waals surface area contributed by atoms with E-state index in [0.29, 0.717) is 13.0 Å². The lowest BCUT2D eigenvalue weighted by atomic mass is 9.73. The third-order valence-corrected chi connectivity index (χ3v) is 5.93. The molecule has 2 fully saturated rings. The second-order valence-electron chi connectivity index (χ2n) is 8.21. The van der Waals surface area contributed by atoms with Crippen molar-refractivity contribution in [2.24, 2.45) is 5.41 Å².